The second kappa shape index (κ2) is 10.8. The smallest absolute Gasteiger partial charge is 0.186 e. The number of hydrogen-bond acceptors (Lipinski definition) is 14. The molecule has 1 saturated carbocycles. The lowest BCUT2D eigenvalue weighted by Crippen LogP contribution is -2.68. The van der Waals surface area contributed by atoms with Crippen LogP contribution in [0.4, 0.5) is 0 Å². The van der Waals surface area contributed by atoms with Crippen LogP contribution in [0, 0.1) is 0 Å². The molecule has 0 aromatic carbocycles. The Hall–Kier alpha value is -0.560. The molecule has 3 aliphatic rings. The maximum Gasteiger partial charge on any atom is 0.186 e. The molecular formula is C18H37N5O9. The Labute approximate surface area is 185 Å². The normalized spacial score (nSPS) is 52.7. The van der Waals surface area contributed by atoms with Gasteiger partial charge in [0.1, 0.15) is 36.6 Å². The number of hydrogen-bond donors (Lipinski definition) is 10. The summed E-state index contributed by atoms with van der Waals surface area (Å²) in [5.74, 6) is 0. The molecule has 2 saturated heterocycles. The molecule has 0 amide bonds. The quantitative estimate of drug-likeness (QED) is 0.174. The monoisotopic (exact) mass is 467 g/mol. The molecule has 3 rings (SSSR count). The van der Waals surface area contributed by atoms with Crippen molar-refractivity contribution in [2.75, 3.05) is 13.2 Å². The van der Waals surface area contributed by atoms with Crippen molar-refractivity contribution in [1.29, 1.82) is 0 Å². The highest BCUT2D eigenvalue weighted by atomic mass is 16.7. The Morgan fingerprint density at radius 1 is 0.719 bits per heavy atom. The zero-order valence-electron chi connectivity index (χ0n) is 17.7. The Morgan fingerprint density at radius 3 is 1.84 bits per heavy atom. The molecule has 0 aromatic heterocycles. The summed E-state index contributed by atoms with van der Waals surface area (Å²) in [6.45, 7) is -0.499. The van der Waals surface area contributed by atoms with Gasteiger partial charge >= 0.3 is 0 Å². The van der Waals surface area contributed by atoms with E-state index in [0.717, 1.165) is 0 Å². The molecule has 0 spiro atoms. The highest BCUT2D eigenvalue weighted by molar-refractivity contribution is 5.01. The highest BCUT2D eigenvalue weighted by Crippen LogP contribution is 2.30. The molecule has 2 aliphatic heterocycles. The van der Waals surface area contributed by atoms with Gasteiger partial charge in [0.25, 0.3) is 0 Å². The third kappa shape index (κ3) is 5.24. The van der Waals surface area contributed by atoms with Gasteiger partial charge in [0.2, 0.25) is 0 Å². The molecule has 3 fully saturated rings. The van der Waals surface area contributed by atoms with E-state index in [0.29, 0.717) is 0 Å². The van der Waals surface area contributed by atoms with Gasteiger partial charge in [-0.05, 0) is 12.8 Å². The molecule has 0 bridgehead atoms. The van der Waals surface area contributed by atoms with E-state index in [9.17, 15) is 25.5 Å². The van der Waals surface area contributed by atoms with Gasteiger partial charge in [-0.15, -0.1) is 0 Å². The maximum absolute atomic E-state index is 11.0. The first-order valence-electron chi connectivity index (χ1n) is 10.8. The molecule has 2 heterocycles. The fourth-order valence-electron chi connectivity index (χ4n) is 4.43. The average Bonchev–Trinajstić information content (AvgIpc) is 2.75. The van der Waals surface area contributed by atoms with E-state index < -0.39 is 92.2 Å². The highest BCUT2D eigenvalue weighted by Gasteiger charge is 2.50. The summed E-state index contributed by atoms with van der Waals surface area (Å²) in [6.07, 6.45) is -10.8. The van der Waals surface area contributed by atoms with Crippen molar-refractivity contribution in [1.82, 2.24) is 0 Å². The summed E-state index contributed by atoms with van der Waals surface area (Å²) in [5.41, 5.74) is 29.8. The van der Waals surface area contributed by atoms with Crippen LogP contribution in [0.2, 0.25) is 0 Å². The van der Waals surface area contributed by atoms with Crippen molar-refractivity contribution >= 4 is 0 Å². The topological polar surface area (TPSA) is 268 Å². The van der Waals surface area contributed by atoms with Crippen molar-refractivity contribution < 1.29 is 44.5 Å². The van der Waals surface area contributed by atoms with E-state index in [-0.39, 0.29) is 19.4 Å². The van der Waals surface area contributed by atoms with E-state index in [1.165, 1.54) is 0 Å². The maximum atomic E-state index is 11.0. The SMILES string of the molecule is NCC1O[C@H](OC2C(O)[C@@H](O[C@H]3OC(CO)[C@@H](O)[C@H](N)C3O)[C@H](N)C[C@@H]2N)C(N)C[C@@H]1O. The Balaban J connectivity index is 1.70. The summed E-state index contributed by atoms with van der Waals surface area (Å²) in [4.78, 5) is 0. The summed E-state index contributed by atoms with van der Waals surface area (Å²) >= 11 is 0. The minimum atomic E-state index is -1.44. The van der Waals surface area contributed by atoms with E-state index in [1.807, 2.05) is 0 Å². The fraction of sp³-hybridized carbons (Fsp3) is 1.00. The zero-order chi connectivity index (χ0) is 23.7. The second-order valence-corrected chi connectivity index (χ2v) is 8.78. The first-order chi connectivity index (χ1) is 15.1. The van der Waals surface area contributed by atoms with Gasteiger partial charge in [0.15, 0.2) is 12.6 Å². The molecule has 32 heavy (non-hydrogen) atoms. The lowest BCUT2D eigenvalue weighted by molar-refractivity contribution is -0.314. The van der Waals surface area contributed by atoms with Crippen molar-refractivity contribution in [2.24, 2.45) is 28.7 Å². The number of nitrogens with two attached hydrogens (primary N) is 5. The number of aliphatic hydroxyl groups is 5. The van der Waals surface area contributed by atoms with Crippen LogP contribution in [0.3, 0.4) is 0 Å². The lowest BCUT2D eigenvalue weighted by Gasteiger charge is -2.47. The molecular weight excluding hydrogens is 430 g/mol. The van der Waals surface area contributed by atoms with Crippen LogP contribution < -0.4 is 28.7 Å². The third-order valence-corrected chi connectivity index (χ3v) is 6.41. The predicted molar refractivity (Wildman–Crippen MR) is 108 cm³/mol. The van der Waals surface area contributed by atoms with Crippen molar-refractivity contribution in [2.45, 2.75) is 98.4 Å². The van der Waals surface area contributed by atoms with Crippen LogP contribution in [0.15, 0.2) is 0 Å². The van der Waals surface area contributed by atoms with Gasteiger partial charge < -0.3 is 73.1 Å². The summed E-state index contributed by atoms with van der Waals surface area (Å²) < 4.78 is 22.7. The standard InChI is InChI=1S/C18H37N5O9/c19-3-9-8(25)2-7(22)17(29-9)31-15-5(20)1-6(21)16(14(15)28)32-18-13(27)11(23)12(26)10(4-24)30-18/h5-18,24-28H,1-4,19-23H2/t5-,6+,7?,8-,9?,10?,11-,12+,13?,14?,15?,16-,17+,18+/m0/s1. The van der Waals surface area contributed by atoms with Crippen molar-refractivity contribution in [3.63, 3.8) is 0 Å². The molecule has 14 nitrogen and oxygen atoms in total. The van der Waals surface area contributed by atoms with Gasteiger partial charge in [-0.1, -0.05) is 0 Å². The first-order valence-corrected chi connectivity index (χ1v) is 10.8. The van der Waals surface area contributed by atoms with Gasteiger partial charge in [-0.3, -0.25) is 0 Å². The predicted octanol–water partition coefficient (Wildman–Crippen LogP) is -6.30. The second-order valence-electron chi connectivity index (χ2n) is 8.78. The van der Waals surface area contributed by atoms with Crippen LogP contribution in [-0.2, 0) is 18.9 Å². The van der Waals surface area contributed by atoms with Gasteiger partial charge in [-0.25, -0.2) is 0 Å². The van der Waals surface area contributed by atoms with E-state index in [4.69, 9.17) is 47.6 Å². The molecule has 6 unspecified atom stereocenters. The molecule has 0 radical (unpaired) electrons. The average molecular weight is 468 g/mol. The van der Waals surface area contributed by atoms with Gasteiger partial charge in [0.05, 0.1) is 30.9 Å². The minimum Gasteiger partial charge on any atom is -0.394 e. The Morgan fingerprint density at radius 2 is 1.28 bits per heavy atom. The molecule has 1 aliphatic carbocycles. The van der Waals surface area contributed by atoms with Gasteiger partial charge in [-0.2, -0.15) is 0 Å². The van der Waals surface area contributed by atoms with Crippen LogP contribution in [-0.4, -0.2) is 124 Å². The van der Waals surface area contributed by atoms with E-state index >= 15 is 0 Å². The van der Waals surface area contributed by atoms with Crippen LogP contribution in [0.1, 0.15) is 12.8 Å². The molecule has 0 aromatic rings. The fourth-order valence-corrected chi connectivity index (χ4v) is 4.43. The number of ether oxygens (including phenoxy) is 4. The molecule has 14 heteroatoms. The summed E-state index contributed by atoms with van der Waals surface area (Å²) in [6, 6.07) is -3.27. The number of rotatable bonds is 6. The molecule has 188 valence electrons. The summed E-state index contributed by atoms with van der Waals surface area (Å²) in [5, 5.41) is 50.7. The number of aliphatic hydroxyl groups excluding tert-OH is 5. The van der Waals surface area contributed by atoms with Crippen LogP contribution in [0.25, 0.3) is 0 Å². The minimum absolute atomic E-state index is 0.0542. The Kier molecular flexibility index (Phi) is 8.79. The van der Waals surface area contributed by atoms with Crippen molar-refractivity contribution in [3.8, 4) is 0 Å². The van der Waals surface area contributed by atoms with Crippen LogP contribution in [0.5, 0.6) is 0 Å². The van der Waals surface area contributed by atoms with Crippen LogP contribution >= 0.6 is 0 Å². The molecule has 15 N–H and O–H groups in total. The zero-order valence-corrected chi connectivity index (χ0v) is 17.7. The van der Waals surface area contributed by atoms with E-state index in [1.54, 1.807) is 0 Å². The lowest BCUT2D eigenvalue weighted by atomic mass is 9.84. The van der Waals surface area contributed by atoms with Crippen molar-refractivity contribution in [3.05, 3.63) is 0 Å². The largest absolute Gasteiger partial charge is 0.394 e. The van der Waals surface area contributed by atoms with E-state index in [2.05, 4.69) is 0 Å². The Bertz CT molecular complexity index is 607. The summed E-state index contributed by atoms with van der Waals surface area (Å²) in [7, 11) is 0. The first kappa shape index (κ1) is 26.1. The molecule has 14 atom stereocenters. The third-order valence-electron chi connectivity index (χ3n) is 6.41. The van der Waals surface area contributed by atoms with Gasteiger partial charge in [0, 0.05) is 18.6 Å².